The van der Waals surface area contributed by atoms with E-state index in [4.69, 9.17) is 0 Å². The van der Waals surface area contributed by atoms with Gasteiger partial charge in [-0.25, -0.2) is 9.97 Å². The Balaban J connectivity index is 2.14. The predicted molar refractivity (Wildman–Crippen MR) is 77.3 cm³/mol. The molecule has 0 bridgehead atoms. The fraction of sp³-hybridized carbons (Fsp3) is 0.231. The standard InChI is InChI=1S/C13H15BN2O2S/c1-9-7-10(2)16-13(15-9)19-8-11-5-3-4-6-12(11)14(17)18/h3-7,17-18H,8H2,1-2H3. The number of nitrogens with zero attached hydrogens (tertiary/aromatic N) is 2. The van der Waals surface area contributed by atoms with Crippen molar-refractivity contribution in [3.05, 3.63) is 47.3 Å². The Morgan fingerprint density at radius 2 is 1.74 bits per heavy atom. The van der Waals surface area contributed by atoms with Crippen molar-refractivity contribution in [2.24, 2.45) is 0 Å². The summed E-state index contributed by atoms with van der Waals surface area (Å²) in [6.07, 6.45) is 0. The smallest absolute Gasteiger partial charge is 0.423 e. The first-order valence-electron chi connectivity index (χ1n) is 5.95. The summed E-state index contributed by atoms with van der Waals surface area (Å²) in [4.78, 5) is 8.70. The van der Waals surface area contributed by atoms with Crippen LogP contribution in [0.5, 0.6) is 0 Å². The lowest BCUT2D eigenvalue weighted by Crippen LogP contribution is -2.32. The molecule has 4 nitrogen and oxygen atoms in total. The van der Waals surface area contributed by atoms with Crippen molar-refractivity contribution in [2.45, 2.75) is 24.8 Å². The SMILES string of the molecule is Cc1cc(C)nc(SCc2ccccc2B(O)O)n1. The van der Waals surface area contributed by atoms with Crippen molar-refractivity contribution in [3.8, 4) is 0 Å². The fourth-order valence-electron chi connectivity index (χ4n) is 1.82. The molecule has 0 amide bonds. The number of aromatic nitrogens is 2. The highest BCUT2D eigenvalue weighted by Gasteiger charge is 2.15. The molecule has 1 aromatic carbocycles. The largest absolute Gasteiger partial charge is 0.488 e. The molecule has 0 atom stereocenters. The fourth-order valence-corrected chi connectivity index (χ4v) is 2.78. The third-order valence-corrected chi connectivity index (χ3v) is 3.55. The Kier molecular flexibility index (Phi) is 4.58. The lowest BCUT2D eigenvalue weighted by molar-refractivity contribution is 0.425. The van der Waals surface area contributed by atoms with Gasteiger partial charge >= 0.3 is 7.12 Å². The maximum atomic E-state index is 9.31. The van der Waals surface area contributed by atoms with Gasteiger partial charge < -0.3 is 10.0 Å². The van der Waals surface area contributed by atoms with Crippen LogP contribution in [0.4, 0.5) is 0 Å². The Bertz CT molecular complexity index is 558. The zero-order valence-electron chi connectivity index (χ0n) is 10.9. The number of rotatable bonds is 4. The summed E-state index contributed by atoms with van der Waals surface area (Å²) in [5.74, 6) is 0.608. The highest BCUT2D eigenvalue weighted by atomic mass is 32.2. The minimum absolute atomic E-state index is 0.527. The van der Waals surface area contributed by atoms with Crippen LogP contribution in [0.15, 0.2) is 35.5 Å². The van der Waals surface area contributed by atoms with Crippen LogP contribution in [0.2, 0.25) is 0 Å². The van der Waals surface area contributed by atoms with E-state index in [-0.39, 0.29) is 0 Å². The van der Waals surface area contributed by atoms with Gasteiger partial charge in [-0.2, -0.15) is 0 Å². The molecule has 2 aromatic rings. The summed E-state index contributed by atoms with van der Waals surface area (Å²) >= 11 is 1.49. The Hall–Kier alpha value is -1.37. The average molecular weight is 274 g/mol. The second kappa shape index (κ2) is 6.19. The molecule has 0 radical (unpaired) electrons. The molecule has 98 valence electrons. The summed E-state index contributed by atoms with van der Waals surface area (Å²) < 4.78 is 0. The molecule has 0 fully saturated rings. The molecule has 0 aliphatic rings. The number of thioether (sulfide) groups is 1. The molecule has 2 rings (SSSR count). The zero-order chi connectivity index (χ0) is 13.8. The van der Waals surface area contributed by atoms with Gasteiger partial charge in [0.1, 0.15) is 0 Å². The summed E-state index contributed by atoms with van der Waals surface area (Å²) in [6, 6.07) is 9.18. The minimum Gasteiger partial charge on any atom is -0.423 e. The lowest BCUT2D eigenvalue weighted by atomic mass is 9.77. The molecule has 0 saturated carbocycles. The van der Waals surface area contributed by atoms with E-state index in [1.807, 2.05) is 32.0 Å². The van der Waals surface area contributed by atoms with Crippen molar-refractivity contribution in [3.63, 3.8) is 0 Å². The van der Waals surface area contributed by atoms with Crippen LogP contribution in [0.1, 0.15) is 17.0 Å². The maximum absolute atomic E-state index is 9.31. The normalized spacial score (nSPS) is 10.5. The van der Waals surface area contributed by atoms with E-state index >= 15 is 0 Å². The van der Waals surface area contributed by atoms with Gasteiger partial charge in [0, 0.05) is 17.1 Å². The maximum Gasteiger partial charge on any atom is 0.488 e. The summed E-state index contributed by atoms with van der Waals surface area (Å²) in [6.45, 7) is 3.87. The topological polar surface area (TPSA) is 66.2 Å². The van der Waals surface area contributed by atoms with E-state index < -0.39 is 7.12 Å². The van der Waals surface area contributed by atoms with Gasteiger partial charge in [0.25, 0.3) is 0 Å². The van der Waals surface area contributed by atoms with Gasteiger partial charge in [-0.1, -0.05) is 36.0 Å². The van der Waals surface area contributed by atoms with Crippen molar-refractivity contribution in [2.75, 3.05) is 0 Å². The van der Waals surface area contributed by atoms with Crippen LogP contribution in [0, 0.1) is 13.8 Å². The molecular formula is C13H15BN2O2S. The highest BCUT2D eigenvalue weighted by molar-refractivity contribution is 7.98. The third-order valence-electron chi connectivity index (χ3n) is 2.65. The molecule has 0 saturated heterocycles. The van der Waals surface area contributed by atoms with Crippen molar-refractivity contribution in [1.82, 2.24) is 9.97 Å². The van der Waals surface area contributed by atoms with E-state index in [0.717, 1.165) is 17.0 Å². The Morgan fingerprint density at radius 3 is 2.37 bits per heavy atom. The number of aryl methyl sites for hydroxylation is 2. The van der Waals surface area contributed by atoms with Crippen LogP contribution >= 0.6 is 11.8 Å². The van der Waals surface area contributed by atoms with Gasteiger partial charge in [-0.15, -0.1) is 0 Å². The second-order valence-corrected chi connectivity index (χ2v) is 5.24. The van der Waals surface area contributed by atoms with Crippen molar-refractivity contribution >= 4 is 24.3 Å². The third kappa shape index (κ3) is 3.80. The minimum atomic E-state index is -1.45. The lowest BCUT2D eigenvalue weighted by Gasteiger charge is -2.08. The Morgan fingerprint density at radius 1 is 1.11 bits per heavy atom. The number of benzene rings is 1. The van der Waals surface area contributed by atoms with Crippen LogP contribution in [-0.2, 0) is 5.75 Å². The quantitative estimate of drug-likeness (QED) is 0.496. The summed E-state index contributed by atoms with van der Waals surface area (Å²) in [5, 5.41) is 19.3. The monoisotopic (exact) mass is 274 g/mol. The molecule has 19 heavy (non-hydrogen) atoms. The summed E-state index contributed by atoms with van der Waals surface area (Å²) in [5.41, 5.74) is 3.28. The Labute approximate surface area is 117 Å². The van der Waals surface area contributed by atoms with Gasteiger partial charge in [0.15, 0.2) is 5.16 Å². The van der Waals surface area contributed by atoms with Crippen LogP contribution in [-0.4, -0.2) is 27.1 Å². The van der Waals surface area contributed by atoms with Crippen molar-refractivity contribution in [1.29, 1.82) is 0 Å². The molecule has 1 heterocycles. The first-order valence-corrected chi connectivity index (χ1v) is 6.94. The van der Waals surface area contributed by atoms with E-state index in [0.29, 0.717) is 16.4 Å². The van der Waals surface area contributed by atoms with Gasteiger partial charge in [0.05, 0.1) is 0 Å². The molecule has 0 spiro atoms. The number of hydrogen-bond donors (Lipinski definition) is 2. The number of hydrogen-bond acceptors (Lipinski definition) is 5. The molecule has 6 heteroatoms. The molecule has 2 N–H and O–H groups in total. The first kappa shape index (κ1) is 14.1. The molecule has 1 aromatic heterocycles. The van der Waals surface area contributed by atoms with Gasteiger partial charge in [-0.3, -0.25) is 0 Å². The van der Waals surface area contributed by atoms with E-state index in [1.54, 1.807) is 12.1 Å². The van der Waals surface area contributed by atoms with Crippen LogP contribution in [0.3, 0.4) is 0 Å². The van der Waals surface area contributed by atoms with Crippen LogP contribution < -0.4 is 5.46 Å². The van der Waals surface area contributed by atoms with E-state index in [1.165, 1.54) is 11.8 Å². The van der Waals surface area contributed by atoms with E-state index in [2.05, 4.69) is 9.97 Å². The molecule has 0 aliphatic carbocycles. The van der Waals surface area contributed by atoms with Gasteiger partial charge in [0.2, 0.25) is 0 Å². The molecule has 0 aliphatic heterocycles. The summed E-state index contributed by atoms with van der Waals surface area (Å²) in [7, 11) is -1.45. The first-order chi connectivity index (χ1) is 9.06. The molecular weight excluding hydrogens is 259 g/mol. The van der Waals surface area contributed by atoms with Crippen molar-refractivity contribution < 1.29 is 10.0 Å². The second-order valence-electron chi connectivity index (χ2n) is 4.29. The highest BCUT2D eigenvalue weighted by Crippen LogP contribution is 2.19. The zero-order valence-corrected chi connectivity index (χ0v) is 11.7. The molecule has 0 unspecified atom stereocenters. The van der Waals surface area contributed by atoms with Gasteiger partial charge in [-0.05, 0) is 30.9 Å². The average Bonchev–Trinajstić information content (AvgIpc) is 2.35. The van der Waals surface area contributed by atoms with E-state index in [9.17, 15) is 10.0 Å². The van der Waals surface area contributed by atoms with Crippen LogP contribution in [0.25, 0.3) is 0 Å². The predicted octanol–water partition coefficient (Wildman–Crippen LogP) is 1.07.